The van der Waals surface area contributed by atoms with Crippen molar-refractivity contribution in [3.63, 3.8) is 0 Å². The van der Waals surface area contributed by atoms with Crippen LogP contribution in [-0.4, -0.2) is 15.0 Å². The third-order valence-corrected chi connectivity index (χ3v) is 2.20. The fraction of sp³-hybridized carbons (Fsp3) is 0.333. The second-order valence-corrected chi connectivity index (χ2v) is 3.72. The molecule has 2 heterocycles. The van der Waals surface area contributed by atoms with Crippen LogP contribution < -0.4 is 0 Å². The number of aromatic amines is 1. The lowest BCUT2D eigenvalue weighted by atomic mass is 10.3. The molecule has 2 aromatic rings. The maximum atomic E-state index is 5.91. The Hall–Kier alpha value is -1.09. The number of H-pyrrole nitrogens is 1. The quantitative estimate of drug-likeness (QED) is 0.711. The number of rotatable bonds is 1. The number of aryl methyl sites for hydroxylation is 1. The first-order valence-corrected chi connectivity index (χ1v) is 4.57. The van der Waals surface area contributed by atoms with Crippen molar-refractivity contribution in [3.8, 4) is 0 Å². The van der Waals surface area contributed by atoms with E-state index < -0.39 is 0 Å². The molecule has 0 saturated carbocycles. The Morgan fingerprint density at radius 2 is 2.31 bits per heavy atom. The van der Waals surface area contributed by atoms with Crippen LogP contribution in [0, 0.1) is 6.92 Å². The number of hydrogen-bond donors (Lipinski definition) is 1. The summed E-state index contributed by atoms with van der Waals surface area (Å²) in [5.74, 6) is 0.776. The van der Waals surface area contributed by atoms with Gasteiger partial charge in [0.15, 0.2) is 5.65 Å². The van der Waals surface area contributed by atoms with E-state index in [0.29, 0.717) is 0 Å². The number of hydrogen-bond acceptors (Lipinski definition) is 2. The maximum absolute atomic E-state index is 5.91. The van der Waals surface area contributed by atoms with Crippen LogP contribution >= 0.6 is 11.6 Å². The number of halogens is 1. The number of fused-ring (bicyclic) bond motifs is 1. The first-order chi connectivity index (χ1) is 6.18. The normalized spacial score (nSPS) is 13.5. The average Bonchev–Trinajstić information content (AvgIpc) is 2.49. The Labute approximate surface area is 81.2 Å². The van der Waals surface area contributed by atoms with E-state index in [1.54, 1.807) is 6.20 Å². The van der Waals surface area contributed by atoms with Gasteiger partial charge in [0.05, 0.1) is 10.9 Å². The molecule has 1 unspecified atom stereocenters. The summed E-state index contributed by atoms with van der Waals surface area (Å²) in [5, 5.41) is -0.103. The molecular weight excluding hydrogens is 186 g/mol. The third-order valence-electron chi connectivity index (χ3n) is 2.00. The number of aromatic nitrogens is 3. The van der Waals surface area contributed by atoms with Crippen LogP contribution in [0.3, 0.4) is 0 Å². The van der Waals surface area contributed by atoms with Crippen molar-refractivity contribution in [2.45, 2.75) is 19.2 Å². The van der Waals surface area contributed by atoms with Gasteiger partial charge in [0, 0.05) is 6.20 Å². The average molecular weight is 196 g/mol. The van der Waals surface area contributed by atoms with E-state index in [9.17, 15) is 0 Å². The predicted octanol–water partition coefficient (Wildman–Crippen LogP) is 2.57. The Morgan fingerprint density at radius 3 is 2.92 bits per heavy atom. The van der Waals surface area contributed by atoms with E-state index in [4.69, 9.17) is 11.6 Å². The molecule has 0 amide bonds. The van der Waals surface area contributed by atoms with E-state index in [2.05, 4.69) is 15.0 Å². The molecule has 0 aromatic carbocycles. The summed E-state index contributed by atoms with van der Waals surface area (Å²) in [7, 11) is 0. The van der Waals surface area contributed by atoms with Gasteiger partial charge in [-0.25, -0.2) is 9.97 Å². The zero-order valence-electron chi connectivity index (χ0n) is 7.50. The highest BCUT2D eigenvalue weighted by atomic mass is 35.5. The van der Waals surface area contributed by atoms with Crippen molar-refractivity contribution in [2.75, 3.05) is 0 Å². The molecule has 0 radical (unpaired) electrons. The summed E-state index contributed by atoms with van der Waals surface area (Å²) in [5.41, 5.74) is 2.86. The zero-order chi connectivity index (χ0) is 9.42. The molecule has 3 nitrogen and oxygen atoms in total. The molecular formula is C9H10ClN3. The second kappa shape index (κ2) is 3.00. The van der Waals surface area contributed by atoms with Gasteiger partial charge < -0.3 is 4.98 Å². The standard InChI is InChI=1S/C9H10ClN3/c1-5-3-4-11-9-7(5)12-8(13-9)6(2)10/h3-4,6H,1-2H3,(H,11,12,13). The van der Waals surface area contributed by atoms with Gasteiger partial charge in [0.25, 0.3) is 0 Å². The largest absolute Gasteiger partial charge is 0.339 e. The first kappa shape index (κ1) is 8.51. The summed E-state index contributed by atoms with van der Waals surface area (Å²) >= 11 is 5.91. The van der Waals surface area contributed by atoms with Crippen LogP contribution in [0.15, 0.2) is 12.3 Å². The zero-order valence-corrected chi connectivity index (χ0v) is 8.26. The van der Waals surface area contributed by atoms with E-state index in [0.717, 1.165) is 22.6 Å². The summed E-state index contributed by atoms with van der Waals surface area (Å²) < 4.78 is 0. The van der Waals surface area contributed by atoms with Crippen LogP contribution in [0.2, 0.25) is 0 Å². The molecule has 0 spiro atoms. The lowest BCUT2D eigenvalue weighted by Crippen LogP contribution is -1.85. The summed E-state index contributed by atoms with van der Waals surface area (Å²) in [6.45, 7) is 3.90. The van der Waals surface area contributed by atoms with Crippen molar-refractivity contribution >= 4 is 22.8 Å². The minimum Gasteiger partial charge on any atom is -0.339 e. The second-order valence-electron chi connectivity index (χ2n) is 3.06. The van der Waals surface area contributed by atoms with Gasteiger partial charge >= 0.3 is 0 Å². The lowest BCUT2D eigenvalue weighted by Gasteiger charge is -1.93. The van der Waals surface area contributed by atoms with Gasteiger partial charge in [-0.2, -0.15) is 0 Å². The number of nitrogens with zero attached hydrogens (tertiary/aromatic N) is 2. The van der Waals surface area contributed by atoms with Gasteiger partial charge in [-0.3, -0.25) is 0 Å². The molecule has 13 heavy (non-hydrogen) atoms. The molecule has 4 heteroatoms. The highest BCUT2D eigenvalue weighted by Crippen LogP contribution is 2.20. The fourth-order valence-corrected chi connectivity index (χ4v) is 1.35. The van der Waals surface area contributed by atoms with E-state index in [1.807, 2.05) is 19.9 Å². The molecule has 2 aromatic heterocycles. The summed E-state index contributed by atoms with van der Waals surface area (Å²) in [6, 6.07) is 1.95. The Bertz CT molecular complexity index is 433. The molecule has 1 N–H and O–H groups in total. The van der Waals surface area contributed by atoms with Crippen molar-refractivity contribution in [1.82, 2.24) is 15.0 Å². The molecule has 2 rings (SSSR count). The highest BCUT2D eigenvalue weighted by molar-refractivity contribution is 6.20. The fourth-order valence-electron chi connectivity index (χ4n) is 1.24. The Morgan fingerprint density at radius 1 is 1.54 bits per heavy atom. The van der Waals surface area contributed by atoms with Crippen molar-refractivity contribution in [2.24, 2.45) is 0 Å². The van der Waals surface area contributed by atoms with Gasteiger partial charge in [-0.05, 0) is 25.5 Å². The Balaban J connectivity index is 2.68. The van der Waals surface area contributed by atoms with E-state index >= 15 is 0 Å². The number of imidazole rings is 1. The van der Waals surface area contributed by atoms with Gasteiger partial charge in [-0.15, -0.1) is 11.6 Å². The summed E-state index contributed by atoms with van der Waals surface area (Å²) in [6.07, 6.45) is 1.75. The van der Waals surface area contributed by atoms with Crippen molar-refractivity contribution in [1.29, 1.82) is 0 Å². The molecule has 68 valence electrons. The van der Waals surface area contributed by atoms with Gasteiger partial charge in [0.2, 0.25) is 0 Å². The molecule has 0 saturated heterocycles. The lowest BCUT2D eigenvalue weighted by molar-refractivity contribution is 0.959. The minimum atomic E-state index is -0.103. The van der Waals surface area contributed by atoms with Gasteiger partial charge in [-0.1, -0.05) is 0 Å². The maximum Gasteiger partial charge on any atom is 0.178 e. The highest BCUT2D eigenvalue weighted by Gasteiger charge is 2.09. The molecule has 0 bridgehead atoms. The van der Waals surface area contributed by atoms with Crippen LogP contribution in [-0.2, 0) is 0 Å². The van der Waals surface area contributed by atoms with Crippen LogP contribution in [0.1, 0.15) is 23.7 Å². The van der Waals surface area contributed by atoms with Crippen LogP contribution in [0.25, 0.3) is 11.2 Å². The Kier molecular flexibility index (Phi) is 1.96. The minimum absolute atomic E-state index is 0.103. The molecule has 1 atom stereocenters. The van der Waals surface area contributed by atoms with Crippen molar-refractivity contribution in [3.05, 3.63) is 23.7 Å². The monoisotopic (exact) mass is 195 g/mol. The van der Waals surface area contributed by atoms with Crippen LogP contribution in [0.5, 0.6) is 0 Å². The first-order valence-electron chi connectivity index (χ1n) is 4.14. The number of pyridine rings is 1. The molecule has 0 aliphatic heterocycles. The van der Waals surface area contributed by atoms with Crippen LogP contribution in [0.4, 0.5) is 0 Å². The third kappa shape index (κ3) is 1.40. The summed E-state index contributed by atoms with van der Waals surface area (Å²) in [4.78, 5) is 11.6. The van der Waals surface area contributed by atoms with E-state index in [1.165, 1.54) is 0 Å². The smallest absolute Gasteiger partial charge is 0.178 e. The van der Waals surface area contributed by atoms with Gasteiger partial charge in [0.1, 0.15) is 5.82 Å². The topological polar surface area (TPSA) is 41.6 Å². The molecule has 0 fully saturated rings. The number of alkyl halides is 1. The SMILES string of the molecule is Cc1ccnc2nc(C(C)Cl)[nH]c12. The molecule has 0 aliphatic rings. The van der Waals surface area contributed by atoms with E-state index in [-0.39, 0.29) is 5.38 Å². The van der Waals surface area contributed by atoms with Crippen molar-refractivity contribution < 1.29 is 0 Å². The molecule has 0 aliphatic carbocycles. The number of nitrogens with one attached hydrogen (secondary N) is 1. The predicted molar refractivity (Wildman–Crippen MR) is 52.9 cm³/mol.